The molecule has 0 aliphatic heterocycles. The number of amides is 1. The molecule has 0 saturated heterocycles. The minimum atomic E-state index is -1.13. The molecule has 5 heteroatoms. The second-order valence-corrected chi connectivity index (χ2v) is 7.04. The molecule has 2 aromatic rings. The molecule has 1 heterocycles. The fourth-order valence-electron chi connectivity index (χ4n) is 2.19. The predicted octanol–water partition coefficient (Wildman–Crippen LogP) is 3.04. The molecule has 0 saturated carbocycles. The van der Waals surface area contributed by atoms with Crippen molar-refractivity contribution in [3.05, 3.63) is 57.8 Å². The van der Waals surface area contributed by atoms with E-state index in [1.54, 1.807) is 13.0 Å². The number of carbonyl (C=O) groups excluding carboxylic acids is 2. The number of aryl methyl sites for hydroxylation is 1. The van der Waals surface area contributed by atoms with Crippen LogP contribution in [0.4, 0.5) is 0 Å². The van der Waals surface area contributed by atoms with E-state index in [0.717, 1.165) is 10.4 Å². The van der Waals surface area contributed by atoms with Crippen LogP contribution in [0.5, 0.6) is 0 Å². The molecule has 0 bridgehead atoms. The first-order valence-electron chi connectivity index (χ1n) is 7.53. The zero-order valence-electron chi connectivity index (χ0n) is 13.3. The van der Waals surface area contributed by atoms with Gasteiger partial charge in [0, 0.05) is 17.7 Å². The highest BCUT2D eigenvalue weighted by atomic mass is 32.1. The van der Waals surface area contributed by atoms with Gasteiger partial charge in [0.1, 0.15) is 5.60 Å². The first-order chi connectivity index (χ1) is 10.9. The molecule has 0 spiro atoms. The number of aliphatic hydroxyl groups is 1. The van der Waals surface area contributed by atoms with Gasteiger partial charge in [-0.2, -0.15) is 0 Å². The lowest BCUT2D eigenvalue weighted by Gasteiger charge is -2.24. The topological polar surface area (TPSA) is 66.4 Å². The van der Waals surface area contributed by atoms with Gasteiger partial charge in [0.15, 0.2) is 5.78 Å². The van der Waals surface area contributed by atoms with Crippen LogP contribution in [-0.2, 0) is 10.4 Å². The number of Topliss-reactive ketones (excluding diaryl/α,β-unsaturated/α-hetero) is 1. The van der Waals surface area contributed by atoms with Crippen LogP contribution >= 0.6 is 11.3 Å². The van der Waals surface area contributed by atoms with Gasteiger partial charge in [-0.25, -0.2) is 0 Å². The summed E-state index contributed by atoms with van der Waals surface area (Å²) in [5.74, 6) is -0.254. The Bertz CT molecular complexity index is 677. The molecule has 0 radical (unpaired) electrons. The van der Waals surface area contributed by atoms with Crippen molar-refractivity contribution in [3.8, 4) is 0 Å². The molecule has 0 fully saturated rings. The Morgan fingerprint density at radius 2 is 1.83 bits per heavy atom. The molecule has 0 aliphatic rings. The van der Waals surface area contributed by atoms with E-state index in [9.17, 15) is 14.7 Å². The summed E-state index contributed by atoms with van der Waals surface area (Å²) >= 11 is 1.44. The van der Waals surface area contributed by atoms with Gasteiger partial charge in [-0.1, -0.05) is 30.3 Å². The lowest BCUT2D eigenvalue weighted by atomic mass is 9.96. The number of thiophene rings is 1. The second-order valence-electron chi connectivity index (χ2n) is 5.75. The van der Waals surface area contributed by atoms with Crippen LogP contribution in [0, 0.1) is 6.92 Å². The van der Waals surface area contributed by atoms with Crippen LogP contribution in [0.3, 0.4) is 0 Å². The number of carbonyl (C=O) groups is 2. The number of rotatable bonds is 7. The molecule has 0 aliphatic carbocycles. The standard InChI is InChI=1S/C18H21NO3S/c1-13-8-10-16(23-13)15(20)9-11-17(21)19-12-18(2,22)14-6-4-3-5-7-14/h3-8,10,22H,9,11-12H2,1-2H3,(H,19,21). The minimum absolute atomic E-state index is 0.0203. The van der Waals surface area contributed by atoms with E-state index in [1.807, 2.05) is 43.3 Å². The maximum Gasteiger partial charge on any atom is 0.220 e. The van der Waals surface area contributed by atoms with Crippen LogP contribution < -0.4 is 5.32 Å². The van der Waals surface area contributed by atoms with E-state index < -0.39 is 5.60 Å². The molecule has 23 heavy (non-hydrogen) atoms. The lowest BCUT2D eigenvalue weighted by Crippen LogP contribution is -2.38. The van der Waals surface area contributed by atoms with E-state index in [1.165, 1.54) is 11.3 Å². The van der Waals surface area contributed by atoms with Gasteiger partial charge >= 0.3 is 0 Å². The Hall–Kier alpha value is -1.98. The van der Waals surface area contributed by atoms with Crippen molar-refractivity contribution in [3.63, 3.8) is 0 Å². The normalized spacial score (nSPS) is 13.3. The number of nitrogens with one attached hydrogen (secondary N) is 1. The summed E-state index contributed by atoms with van der Waals surface area (Å²) in [5, 5.41) is 13.1. The molecule has 122 valence electrons. The largest absolute Gasteiger partial charge is 0.384 e. The predicted molar refractivity (Wildman–Crippen MR) is 91.6 cm³/mol. The summed E-state index contributed by atoms with van der Waals surface area (Å²) < 4.78 is 0. The van der Waals surface area contributed by atoms with E-state index in [4.69, 9.17) is 0 Å². The first-order valence-corrected chi connectivity index (χ1v) is 8.34. The van der Waals surface area contributed by atoms with Crippen LogP contribution in [0.15, 0.2) is 42.5 Å². The Morgan fingerprint density at radius 1 is 1.13 bits per heavy atom. The average molecular weight is 331 g/mol. The van der Waals surface area contributed by atoms with Crippen molar-refractivity contribution in [2.75, 3.05) is 6.54 Å². The van der Waals surface area contributed by atoms with Crippen LogP contribution in [0.25, 0.3) is 0 Å². The molecule has 1 aromatic carbocycles. The fourth-order valence-corrected chi connectivity index (χ4v) is 3.03. The van der Waals surface area contributed by atoms with Crippen molar-refractivity contribution >= 4 is 23.0 Å². The van der Waals surface area contributed by atoms with Gasteiger partial charge < -0.3 is 10.4 Å². The molecule has 2 rings (SSSR count). The van der Waals surface area contributed by atoms with Crippen molar-refractivity contribution in [2.24, 2.45) is 0 Å². The van der Waals surface area contributed by atoms with Crippen molar-refractivity contribution in [1.29, 1.82) is 0 Å². The van der Waals surface area contributed by atoms with Gasteiger partial charge in [-0.15, -0.1) is 11.3 Å². The van der Waals surface area contributed by atoms with Gasteiger partial charge in [0.2, 0.25) is 5.91 Å². The molecule has 1 atom stereocenters. The molecule has 1 amide bonds. The third kappa shape index (κ3) is 5.01. The Labute approximate surface area is 140 Å². The fraction of sp³-hybridized carbons (Fsp3) is 0.333. The number of hydrogen-bond acceptors (Lipinski definition) is 4. The third-order valence-corrected chi connectivity index (χ3v) is 4.66. The van der Waals surface area contributed by atoms with Crippen molar-refractivity contribution in [1.82, 2.24) is 5.32 Å². The summed E-state index contributed by atoms with van der Waals surface area (Å²) in [6.07, 6.45) is 0.305. The zero-order valence-corrected chi connectivity index (χ0v) is 14.2. The van der Waals surface area contributed by atoms with Gasteiger partial charge in [0.25, 0.3) is 0 Å². The van der Waals surface area contributed by atoms with E-state index in [-0.39, 0.29) is 31.1 Å². The first kappa shape index (κ1) is 17.4. The number of benzene rings is 1. The van der Waals surface area contributed by atoms with Gasteiger partial charge in [-0.05, 0) is 31.5 Å². The summed E-state index contributed by atoms with van der Waals surface area (Å²) in [6, 6.07) is 12.9. The summed E-state index contributed by atoms with van der Waals surface area (Å²) in [6.45, 7) is 3.71. The van der Waals surface area contributed by atoms with E-state index in [2.05, 4.69) is 5.32 Å². The van der Waals surface area contributed by atoms with Gasteiger partial charge in [-0.3, -0.25) is 9.59 Å². The third-order valence-electron chi connectivity index (χ3n) is 3.62. The van der Waals surface area contributed by atoms with Gasteiger partial charge in [0.05, 0.1) is 11.4 Å². The maximum absolute atomic E-state index is 12.0. The summed E-state index contributed by atoms with van der Waals surface area (Å²) in [4.78, 5) is 25.6. The van der Waals surface area contributed by atoms with Crippen molar-refractivity contribution in [2.45, 2.75) is 32.3 Å². The molecule has 2 N–H and O–H groups in total. The highest BCUT2D eigenvalue weighted by Gasteiger charge is 2.23. The van der Waals surface area contributed by atoms with E-state index >= 15 is 0 Å². The summed E-state index contributed by atoms with van der Waals surface area (Å²) in [5.41, 5.74) is -0.392. The minimum Gasteiger partial charge on any atom is -0.384 e. The molecule has 1 aromatic heterocycles. The Morgan fingerprint density at radius 3 is 2.43 bits per heavy atom. The maximum atomic E-state index is 12.0. The van der Waals surface area contributed by atoms with Crippen LogP contribution in [0.1, 0.15) is 39.9 Å². The molecular weight excluding hydrogens is 310 g/mol. The Balaban J connectivity index is 1.80. The molecule has 4 nitrogen and oxygen atoms in total. The number of ketones is 1. The molecular formula is C18H21NO3S. The quantitative estimate of drug-likeness (QED) is 0.766. The highest BCUT2D eigenvalue weighted by molar-refractivity contribution is 7.14. The highest BCUT2D eigenvalue weighted by Crippen LogP contribution is 2.19. The van der Waals surface area contributed by atoms with E-state index in [0.29, 0.717) is 4.88 Å². The second kappa shape index (κ2) is 7.53. The molecule has 1 unspecified atom stereocenters. The monoisotopic (exact) mass is 331 g/mol. The lowest BCUT2D eigenvalue weighted by molar-refractivity contribution is -0.122. The van der Waals surface area contributed by atoms with Crippen LogP contribution in [-0.4, -0.2) is 23.3 Å². The Kier molecular flexibility index (Phi) is 5.69. The number of hydrogen-bond donors (Lipinski definition) is 2. The van der Waals surface area contributed by atoms with Crippen molar-refractivity contribution < 1.29 is 14.7 Å². The zero-order chi connectivity index (χ0) is 16.9. The van der Waals surface area contributed by atoms with Crippen LogP contribution in [0.2, 0.25) is 0 Å². The average Bonchev–Trinajstić information content (AvgIpc) is 2.98. The summed E-state index contributed by atoms with van der Waals surface area (Å²) in [7, 11) is 0. The smallest absolute Gasteiger partial charge is 0.220 e. The SMILES string of the molecule is Cc1ccc(C(=O)CCC(=O)NCC(C)(O)c2ccccc2)s1.